The molecule has 0 saturated carbocycles. The van der Waals surface area contributed by atoms with Crippen LogP contribution in [0.25, 0.3) is 0 Å². The fourth-order valence-electron chi connectivity index (χ4n) is 3.82. The smallest absolute Gasteiger partial charge is 0.416 e. The van der Waals surface area contributed by atoms with Crippen molar-refractivity contribution in [2.24, 2.45) is 11.7 Å². The number of nitrogens with two attached hydrogens (primary N) is 1. The molecule has 38 heavy (non-hydrogen) atoms. The average molecular weight is 557 g/mol. The normalized spacial score (nSPS) is 13.4. The Balaban J connectivity index is 2.16. The van der Waals surface area contributed by atoms with Gasteiger partial charge < -0.3 is 21.1 Å². The Morgan fingerprint density at radius 3 is 2.39 bits per heavy atom. The molecule has 2 rings (SSSR count). The lowest BCUT2D eigenvalue weighted by atomic mass is 9.91. The van der Waals surface area contributed by atoms with Gasteiger partial charge in [-0.1, -0.05) is 30.7 Å². The summed E-state index contributed by atoms with van der Waals surface area (Å²) in [6.07, 6.45) is -3.64. The van der Waals surface area contributed by atoms with E-state index >= 15 is 0 Å². The van der Waals surface area contributed by atoms with E-state index in [4.69, 9.17) is 22.1 Å². The minimum absolute atomic E-state index is 0.0119. The van der Waals surface area contributed by atoms with Crippen molar-refractivity contribution in [2.45, 2.75) is 71.7 Å². The molecule has 0 aliphatic heterocycles. The average Bonchev–Trinajstić information content (AvgIpc) is 2.77. The van der Waals surface area contributed by atoms with Crippen molar-refractivity contribution in [1.82, 2.24) is 10.3 Å². The van der Waals surface area contributed by atoms with Gasteiger partial charge >= 0.3 is 12.3 Å². The van der Waals surface area contributed by atoms with Gasteiger partial charge in [-0.2, -0.15) is 13.2 Å². The number of primary amides is 1. The molecule has 2 aromatic rings. The zero-order valence-corrected chi connectivity index (χ0v) is 22.6. The summed E-state index contributed by atoms with van der Waals surface area (Å²) < 4.78 is 46.7. The maximum absolute atomic E-state index is 13.8. The number of nitrogens with zero attached hydrogens (tertiary/aromatic N) is 1. The molecule has 2 atom stereocenters. The van der Waals surface area contributed by atoms with Crippen LogP contribution >= 0.6 is 11.6 Å². The Labute approximate surface area is 224 Å². The van der Waals surface area contributed by atoms with E-state index < -0.39 is 47.2 Å². The number of alkyl carbamates (subject to hydrolysis) is 1. The third-order valence-electron chi connectivity index (χ3n) is 5.62. The van der Waals surface area contributed by atoms with Crippen LogP contribution in [-0.2, 0) is 22.1 Å². The Kier molecular flexibility index (Phi) is 10.1. The van der Waals surface area contributed by atoms with E-state index in [2.05, 4.69) is 15.6 Å². The molecule has 8 nitrogen and oxygen atoms in total. The molecule has 1 aromatic carbocycles. The molecule has 0 spiro atoms. The van der Waals surface area contributed by atoms with Crippen molar-refractivity contribution in [1.29, 1.82) is 0 Å². The Hall–Kier alpha value is -3.34. The van der Waals surface area contributed by atoms with Crippen LogP contribution in [0.3, 0.4) is 0 Å². The quantitative estimate of drug-likeness (QED) is 0.325. The van der Waals surface area contributed by atoms with Crippen molar-refractivity contribution in [3.63, 3.8) is 0 Å². The number of halogens is 4. The lowest BCUT2D eigenvalue weighted by molar-refractivity contribution is -0.138. The predicted octanol–water partition coefficient (Wildman–Crippen LogP) is 6.04. The summed E-state index contributed by atoms with van der Waals surface area (Å²) in [7, 11) is 0. The first-order valence-electron chi connectivity index (χ1n) is 11.9. The Bertz CT molecular complexity index is 1180. The molecule has 0 saturated heterocycles. The van der Waals surface area contributed by atoms with Gasteiger partial charge in [0.25, 0.3) is 5.91 Å². The molecule has 0 aliphatic carbocycles. The van der Waals surface area contributed by atoms with Gasteiger partial charge in [0.05, 0.1) is 29.1 Å². The number of aromatic nitrogens is 1. The van der Waals surface area contributed by atoms with Crippen LogP contribution in [0.1, 0.15) is 80.6 Å². The van der Waals surface area contributed by atoms with Crippen molar-refractivity contribution in [3.05, 3.63) is 57.9 Å². The van der Waals surface area contributed by atoms with E-state index in [1.807, 2.05) is 0 Å². The van der Waals surface area contributed by atoms with E-state index in [9.17, 15) is 27.6 Å². The van der Waals surface area contributed by atoms with E-state index in [1.54, 1.807) is 34.6 Å². The maximum Gasteiger partial charge on any atom is 0.416 e. The third-order valence-corrected chi connectivity index (χ3v) is 5.83. The molecular formula is C26H32ClF3N4O4. The number of carbonyl (C=O) groups excluding carboxylic acids is 3. The van der Waals surface area contributed by atoms with E-state index in [-0.39, 0.29) is 41.2 Å². The first kappa shape index (κ1) is 30.9. The van der Waals surface area contributed by atoms with Gasteiger partial charge in [0.2, 0.25) is 5.91 Å². The summed E-state index contributed by atoms with van der Waals surface area (Å²) in [4.78, 5) is 40.4. The number of nitrogens with one attached hydrogen (secondary N) is 2. The SMILES string of the molecule is CC(CCCc1c([C@@H](C)NC(=O)OC(C)(C)C)cccc1C(F)(F)F)C(=O)Nc1cnc(Cl)cc1C(N)=O. The third kappa shape index (κ3) is 8.90. The van der Waals surface area contributed by atoms with Crippen LogP contribution in [0.2, 0.25) is 5.15 Å². The van der Waals surface area contributed by atoms with Crippen LogP contribution in [-0.4, -0.2) is 28.5 Å². The number of benzene rings is 1. The van der Waals surface area contributed by atoms with Gasteiger partial charge in [0, 0.05) is 5.92 Å². The summed E-state index contributed by atoms with van der Waals surface area (Å²) in [5.41, 5.74) is 4.17. The first-order valence-corrected chi connectivity index (χ1v) is 12.3. The zero-order chi connectivity index (χ0) is 28.8. The molecule has 1 unspecified atom stereocenters. The molecule has 3 amide bonds. The molecule has 1 heterocycles. The first-order chi connectivity index (χ1) is 17.5. The van der Waals surface area contributed by atoms with Crippen LogP contribution < -0.4 is 16.4 Å². The molecule has 208 valence electrons. The van der Waals surface area contributed by atoms with Crippen LogP contribution in [0, 0.1) is 5.92 Å². The Morgan fingerprint density at radius 2 is 1.82 bits per heavy atom. The topological polar surface area (TPSA) is 123 Å². The monoisotopic (exact) mass is 556 g/mol. The minimum atomic E-state index is -4.60. The van der Waals surface area contributed by atoms with Gasteiger partial charge in [0.15, 0.2) is 0 Å². The zero-order valence-electron chi connectivity index (χ0n) is 21.8. The van der Waals surface area contributed by atoms with Gasteiger partial charge in [-0.15, -0.1) is 0 Å². The molecule has 0 bridgehead atoms. The maximum atomic E-state index is 13.8. The van der Waals surface area contributed by atoms with Crippen LogP contribution in [0.15, 0.2) is 30.5 Å². The lowest BCUT2D eigenvalue weighted by Crippen LogP contribution is -2.34. The number of rotatable bonds is 9. The second-order valence-electron chi connectivity index (χ2n) is 9.94. The highest BCUT2D eigenvalue weighted by molar-refractivity contribution is 6.30. The van der Waals surface area contributed by atoms with Crippen molar-refractivity contribution in [2.75, 3.05) is 5.32 Å². The summed E-state index contributed by atoms with van der Waals surface area (Å²) in [5.74, 6) is -1.87. The molecule has 12 heteroatoms. The predicted molar refractivity (Wildman–Crippen MR) is 138 cm³/mol. The number of amides is 3. The molecule has 0 aliphatic rings. The van der Waals surface area contributed by atoms with E-state index in [0.717, 1.165) is 6.07 Å². The van der Waals surface area contributed by atoms with Crippen molar-refractivity contribution >= 4 is 35.2 Å². The Morgan fingerprint density at radius 1 is 1.16 bits per heavy atom. The molecular weight excluding hydrogens is 525 g/mol. The molecule has 0 radical (unpaired) electrons. The van der Waals surface area contributed by atoms with Gasteiger partial charge in [0.1, 0.15) is 10.8 Å². The molecule has 0 fully saturated rings. The van der Waals surface area contributed by atoms with Crippen molar-refractivity contribution < 1.29 is 32.3 Å². The summed E-state index contributed by atoms with van der Waals surface area (Å²) >= 11 is 5.78. The summed E-state index contributed by atoms with van der Waals surface area (Å²) in [6, 6.07) is 4.29. The van der Waals surface area contributed by atoms with Crippen molar-refractivity contribution in [3.8, 4) is 0 Å². The number of hydrogen-bond acceptors (Lipinski definition) is 5. The van der Waals surface area contributed by atoms with Gasteiger partial charge in [-0.05, 0) is 70.2 Å². The number of anilines is 1. The van der Waals surface area contributed by atoms with Crippen LogP contribution in [0.5, 0.6) is 0 Å². The fourth-order valence-corrected chi connectivity index (χ4v) is 3.98. The molecule has 1 aromatic heterocycles. The number of hydrogen-bond donors (Lipinski definition) is 3. The minimum Gasteiger partial charge on any atom is -0.444 e. The second kappa shape index (κ2) is 12.5. The highest BCUT2D eigenvalue weighted by Crippen LogP contribution is 2.36. The largest absolute Gasteiger partial charge is 0.444 e. The van der Waals surface area contributed by atoms with Crippen LogP contribution in [0.4, 0.5) is 23.7 Å². The lowest BCUT2D eigenvalue weighted by Gasteiger charge is -2.24. The number of ether oxygens (including phenoxy) is 1. The van der Waals surface area contributed by atoms with Gasteiger partial charge in [-0.3, -0.25) is 9.59 Å². The fraction of sp³-hybridized carbons (Fsp3) is 0.462. The highest BCUT2D eigenvalue weighted by atomic mass is 35.5. The standard InChI is InChI=1S/C26H32ClF3N4O4/c1-14(23(36)34-20-13-32-21(27)12-18(20)22(31)35)8-6-10-17-16(9-7-11-19(17)26(28,29)30)15(2)33-24(37)38-25(3,4)5/h7,9,11-15H,6,8,10H2,1-5H3,(H2,31,35)(H,33,37)(H,34,36)/t14?,15-/m1/s1. The summed E-state index contributed by atoms with van der Waals surface area (Å²) in [6.45, 7) is 8.24. The summed E-state index contributed by atoms with van der Waals surface area (Å²) in [5, 5.41) is 5.19. The van der Waals surface area contributed by atoms with E-state index in [0.29, 0.717) is 5.56 Å². The number of pyridine rings is 1. The van der Waals surface area contributed by atoms with E-state index in [1.165, 1.54) is 24.4 Å². The number of alkyl halides is 3. The second-order valence-corrected chi connectivity index (χ2v) is 10.3. The number of carbonyl (C=O) groups is 3. The molecule has 4 N–H and O–H groups in total. The highest BCUT2D eigenvalue weighted by Gasteiger charge is 2.35. The van der Waals surface area contributed by atoms with Gasteiger partial charge in [-0.25, -0.2) is 9.78 Å².